The third kappa shape index (κ3) is 6.29. The number of nitrogens with one attached hydrogen (secondary N) is 2. The van der Waals surface area contributed by atoms with Crippen molar-refractivity contribution in [1.82, 2.24) is 5.32 Å². The van der Waals surface area contributed by atoms with Crippen molar-refractivity contribution in [2.75, 3.05) is 23.3 Å². The Morgan fingerprint density at radius 2 is 1.57 bits per heavy atom. The van der Waals surface area contributed by atoms with E-state index in [1.807, 2.05) is 48.5 Å². The van der Waals surface area contributed by atoms with E-state index in [0.717, 1.165) is 18.8 Å². The van der Waals surface area contributed by atoms with Crippen LogP contribution in [0.3, 0.4) is 0 Å². The second-order valence-corrected chi connectivity index (χ2v) is 10.8. The molecule has 1 saturated heterocycles. The standard InChI is InChI=1S/C30H35N3OS/c1-21(22-12-16-27(17-13-22)33-18-5-6-19-33)31-29(35)32-26-9-7-8-24(20-26)28(34)23-10-14-25(15-11-23)30(2,3)4/h7-17,20-21H,5-6,18-19H2,1-4H3,(H2,31,32,35)/t21-/m0/s1. The van der Waals surface area contributed by atoms with Gasteiger partial charge in [-0.3, -0.25) is 4.79 Å². The number of anilines is 2. The number of rotatable bonds is 6. The lowest BCUT2D eigenvalue weighted by Crippen LogP contribution is -2.31. The largest absolute Gasteiger partial charge is 0.372 e. The van der Waals surface area contributed by atoms with E-state index in [4.69, 9.17) is 12.2 Å². The molecule has 4 rings (SSSR count). The molecule has 5 heteroatoms. The van der Waals surface area contributed by atoms with Crippen LogP contribution in [0.1, 0.15) is 73.6 Å². The number of carbonyl (C=O) groups is 1. The third-order valence-electron chi connectivity index (χ3n) is 6.61. The van der Waals surface area contributed by atoms with Gasteiger partial charge in [-0.25, -0.2) is 0 Å². The van der Waals surface area contributed by atoms with Gasteiger partial charge < -0.3 is 15.5 Å². The van der Waals surface area contributed by atoms with E-state index in [0.29, 0.717) is 16.2 Å². The highest BCUT2D eigenvalue weighted by Gasteiger charge is 2.16. The van der Waals surface area contributed by atoms with Crippen LogP contribution in [0.2, 0.25) is 0 Å². The molecule has 1 atom stereocenters. The zero-order valence-corrected chi connectivity index (χ0v) is 21.9. The van der Waals surface area contributed by atoms with Gasteiger partial charge in [0.2, 0.25) is 0 Å². The zero-order valence-electron chi connectivity index (χ0n) is 21.1. The smallest absolute Gasteiger partial charge is 0.193 e. The van der Waals surface area contributed by atoms with E-state index in [9.17, 15) is 4.79 Å². The number of nitrogens with zero attached hydrogens (tertiary/aromatic N) is 1. The topological polar surface area (TPSA) is 44.4 Å². The molecule has 3 aromatic carbocycles. The quantitative estimate of drug-likeness (QED) is 0.295. The molecule has 0 aliphatic carbocycles. The first-order chi connectivity index (χ1) is 16.7. The second-order valence-electron chi connectivity index (χ2n) is 10.3. The van der Waals surface area contributed by atoms with Crippen LogP contribution >= 0.6 is 12.2 Å². The molecule has 1 aliphatic heterocycles. The van der Waals surface area contributed by atoms with Crippen molar-refractivity contribution in [3.8, 4) is 0 Å². The first-order valence-electron chi connectivity index (χ1n) is 12.4. The van der Waals surface area contributed by atoms with E-state index in [1.54, 1.807) is 0 Å². The summed E-state index contributed by atoms with van der Waals surface area (Å²) in [7, 11) is 0. The van der Waals surface area contributed by atoms with E-state index in [1.165, 1.54) is 29.7 Å². The number of thiocarbonyl (C=S) groups is 1. The number of hydrogen-bond acceptors (Lipinski definition) is 3. The minimum Gasteiger partial charge on any atom is -0.372 e. The van der Waals surface area contributed by atoms with Gasteiger partial charge in [-0.15, -0.1) is 0 Å². The second kappa shape index (κ2) is 10.6. The molecule has 0 aromatic heterocycles. The molecule has 1 heterocycles. The minimum absolute atomic E-state index is 0.000512. The normalized spacial score (nSPS) is 14.5. The van der Waals surface area contributed by atoms with Crippen molar-refractivity contribution < 1.29 is 4.79 Å². The summed E-state index contributed by atoms with van der Waals surface area (Å²) in [5, 5.41) is 7.12. The molecule has 0 radical (unpaired) electrons. The molecule has 3 aromatic rings. The fourth-order valence-corrected chi connectivity index (χ4v) is 4.72. The van der Waals surface area contributed by atoms with Gasteiger partial charge in [-0.1, -0.05) is 69.3 Å². The maximum atomic E-state index is 13.1. The fraction of sp³-hybridized carbons (Fsp3) is 0.333. The molecule has 182 valence electrons. The first kappa shape index (κ1) is 24.9. The van der Waals surface area contributed by atoms with Crippen LogP contribution in [-0.2, 0) is 5.41 Å². The monoisotopic (exact) mass is 485 g/mol. The molecule has 2 N–H and O–H groups in total. The molecular weight excluding hydrogens is 450 g/mol. The summed E-state index contributed by atoms with van der Waals surface area (Å²) >= 11 is 5.56. The maximum Gasteiger partial charge on any atom is 0.193 e. The lowest BCUT2D eigenvalue weighted by atomic mass is 9.86. The molecule has 0 spiro atoms. The van der Waals surface area contributed by atoms with E-state index < -0.39 is 0 Å². The predicted octanol–water partition coefficient (Wildman–Crippen LogP) is 6.86. The highest BCUT2D eigenvalue weighted by molar-refractivity contribution is 7.80. The molecular formula is C30H35N3OS. The molecule has 0 bridgehead atoms. The summed E-state index contributed by atoms with van der Waals surface area (Å²) in [6.45, 7) is 10.9. The Morgan fingerprint density at radius 3 is 2.20 bits per heavy atom. The van der Waals surface area contributed by atoms with E-state index in [2.05, 4.69) is 67.5 Å². The average Bonchev–Trinajstić information content (AvgIpc) is 3.38. The predicted molar refractivity (Wildman–Crippen MR) is 151 cm³/mol. The van der Waals surface area contributed by atoms with Crippen LogP contribution in [0, 0.1) is 0 Å². The van der Waals surface area contributed by atoms with Gasteiger partial charge in [0.1, 0.15) is 0 Å². The highest BCUT2D eigenvalue weighted by Crippen LogP contribution is 2.24. The van der Waals surface area contributed by atoms with Crippen molar-refractivity contribution in [3.63, 3.8) is 0 Å². The minimum atomic E-state index is -0.000512. The van der Waals surface area contributed by atoms with Gasteiger partial charge >= 0.3 is 0 Å². The lowest BCUT2D eigenvalue weighted by Gasteiger charge is -2.20. The summed E-state index contributed by atoms with van der Waals surface area (Å²) in [5.74, 6) is -0.000512. The number of hydrogen-bond donors (Lipinski definition) is 2. The molecule has 0 saturated carbocycles. The third-order valence-corrected chi connectivity index (χ3v) is 6.83. The zero-order chi connectivity index (χ0) is 25.0. The highest BCUT2D eigenvalue weighted by atomic mass is 32.1. The summed E-state index contributed by atoms with van der Waals surface area (Å²) in [4.78, 5) is 15.5. The Bertz CT molecular complexity index is 1170. The fourth-order valence-electron chi connectivity index (χ4n) is 4.42. The van der Waals surface area contributed by atoms with Gasteiger partial charge in [0.25, 0.3) is 0 Å². The Balaban J connectivity index is 1.37. The van der Waals surface area contributed by atoms with Crippen LogP contribution in [0.25, 0.3) is 0 Å². The van der Waals surface area contributed by atoms with Crippen molar-refractivity contribution >= 4 is 34.5 Å². The lowest BCUT2D eigenvalue weighted by molar-refractivity contribution is 0.103. The van der Waals surface area contributed by atoms with Crippen LogP contribution in [0.5, 0.6) is 0 Å². The van der Waals surface area contributed by atoms with Crippen LogP contribution in [0.4, 0.5) is 11.4 Å². The van der Waals surface area contributed by atoms with E-state index in [-0.39, 0.29) is 17.2 Å². The number of carbonyl (C=O) groups excluding carboxylic acids is 1. The summed E-state index contributed by atoms with van der Waals surface area (Å²) < 4.78 is 0. The number of benzene rings is 3. The molecule has 35 heavy (non-hydrogen) atoms. The van der Waals surface area contributed by atoms with Gasteiger partial charge in [0.05, 0.1) is 6.04 Å². The summed E-state index contributed by atoms with van der Waals surface area (Å²) in [6, 6.07) is 24.2. The molecule has 0 unspecified atom stereocenters. The summed E-state index contributed by atoms with van der Waals surface area (Å²) in [5.41, 5.74) is 5.83. The average molecular weight is 486 g/mol. The Morgan fingerprint density at radius 1 is 0.914 bits per heavy atom. The van der Waals surface area contributed by atoms with Gasteiger partial charge in [0.15, 0.2) is 10.9 Å². The van der Waals surface area contributed by atoms with Crippen molar-refractivity contribution in [2.45, 2.75) is 52.0 Å². The molecule has 4 nitrogen and oxygen atoms in total. The molecule has 0 amide bonds. The molecule has 1 fully saturated rings. The van der Waals surface area contributed by atoms with Gasteiger partial charge in [-0.05, 0) is 72.8 Å². The van der Waals surface area contributed by atoms with Crippen LogP contribution in [-0.4, -0.2) is 24.0 Å². The van der Waals surface area contributed by atoms with E-state index >= 15 is 0 Å². The SMILES string of the molecule is C[C@H](NC(=S)Nc1cccc(C(=O)c2ccc(C(C)(C)C)cc2)c1)c1ccc(N2CCCC2)cc1. The Labute approximate surface area is 214 Å². The van der Waals surface area contributed by atoms with Crippen molar-refractivity contribution in [1.29, 1.82) is 0 Å². The maximum absolute atomic E-state index is 13.1. The molecule has 1 aliphatic rings. The first-order valence-corrected chi connectivity index (χ1v) is 12.8. The van der Waals surface area contributed by atoms with Gasteiger partial charge in [0, 0.05) is 35.6 Å². The Hall–Kier alpha value is -3.18. The number of ketones is 1. The Kier molecular flexibility index (Phi) is 7.56. The summed E-state index contributed by atoms with van der Waals surface area (Å²) in [6.07, 6.45) is 2.55. The van der Waals surface area contributed by atoms with Gasteiger partial charge in [-0.2, -0.15) is 0 Å². The van der Waals surface area contributed by atoms with Crippen LogP contribution < -0.4 is 15.5 Å². The van der Waals surface area contributed by atoms with Crippen molar-refractivity contribution in [3.05, 3.63) is 95.1 Å². The van der Waals surface area contributed by atoms with Crippen LogP contribution in [0.15, 0.2) is 72.8 Å². The van der Waals surface area contributed by atoms with Crippen molar-refractivity contribution in [2.24, 2.45) is 0 Å².